The second kappa shape index (κ2) is 7.32. The predicted octanol–water partition coefficient (Wildman–Crippen LogP) is 1.42. The van der Waals surface area contributed by atoms with Crippen molar-refractivity contribution in [2.75, 3.05) is 25.5 Å². The smallest absolute Gasteiger partial charge is 0.243 e. The zero-order valence-electron chi connectivity index (χ0n) is 10.7. The zero-order chi connectivity index (χ0) is 15.2. The van der Waals surface area contributed by atoms with Gasteiger partial charge in [-0.3, -0.25) is 0 Å². The minimum Gasteiger partial charge on any atom is -0.396 e. The summed E-state index contributed by atoms with van der Waals surface area (Å²) in [5, 5.41) is 0. The third kappa shape index (κ3) is 4.55. The van der Waals surface area contributed by atoms with Gasteiger partial charge in [-0.2, -0.15) is 0 Å². The molecule has 20 heavy (non-hydrogen) atoms. The summed E-state index contributed by atoms with van der Waals surface area (Å²) in [5.74, 6) is -2.20. The molecule has 0 amide bonds. The Balaban J connectivity index is 2.65. The van der Waals surface area contributed by atoms with Gasteiger partial charge in [0.15, 0.2) is 0 Å². The van der Waals surface area contributed by atoms with Gasteiger partial charge in [0.05, 0.1) is 18.9 Å². The minimum absolute atomic E-state index is 0.0316. The molecule has 0 atom stereocenters. The number of hydrogen-bond acceptors (Lipinski definition) is 4. The van der Waals surface area contributed by atoms with Gasteiger partial charge in [-0.25, -0.2) is 21.9 Å². The molecule has 0 unspecified atom stereocenters. The van der Waals surface area contributed by atoms with Gasteiger partial charge >= 0.3 is 0 Å². The van der Waals surface area contributed by atoms with Gasteiger partial charge in [-0.1, -0.05) is 6.08 Å². The van der Waals surface area contributed by atoms with Crippen molar-refractivity contribution in [1.82, 2.24) is 4.72 Å². The second-order valence-corrected chi connectivity index (χ2v) is 5.63. The summed E-state index contributed by atoms with van der Waals surface area (Å²) in [4.78, 5) is -0.692. The van der Waals surface area contributed by atoms with E-state index < -0.39 is 32.2 Å². The Labute approximate surface area is 116 Å². The van der Waals surface area contributed by atoms with Crippen molar-refractivity contribution in [2.45, 2.75) is 11.3 Å². The van der Waals surface area contributed by atoms with Gasteiger partial charge in [-0.15, -0.1) is 6.58 Å². The molecular formula is C12H16F2N2O3S. The van der Waals surface area contributed by atoms with Crippen LogP contribution in [0.1, 0.15) is 6.42 Å². The van der Waals surface area contributed by atoms with Crippen molar-refractivity contribution >= 4 is 15.7 Å². The quantitative estimate of drug-likeness (QED) is 0.432. The Bertz CT molecular complexity index is 576. The van der Waals surface area contributed by atoms with Crippen LogP contribution in [-0.4, -0.2) is 28.2 Å². The van der Waals surface area contributed by atoms with Crippen molar-refractivity contribution in [1.29, 1.82) is 0 Å². The highest BCUT2D eigenvalue weighted by atomic mass is 32.2. The van der Waals surface area contributed by atoms with E-state index in [0.717, 1.165) is 6.07 Å². The third-order valence-electron chi connectivity index (χ3n) is 2.35. The Kier molecular flexibility index (Phi) is 6.05. The summed E-state index contributed by atoms with van der Waals surface area (Å²) < 4.78 is 57.3. The normalized spacial score (nSPS) is 11.5. The Morgan fingerprint density at radius 1 is 1.30 bits per heavy atom. The maximum Gasteiger partial charge on any atom is 0.243 e. The average molecular weight is 306 g/mol. The van der Waals surface area contributed by atoms with E-state index in [1.165, 1.54) is 0 Å². The van der Waals surface area contributed by atoms with Crippen molar-refractivity contribution in [3.8, 4) is 0 Å². The molecule has 0 aliphatic carbocycles. The van der Waals surface area contributed by atoms with E-state index in [4.69, 9.17) is 10.5 Å². The zero-order valence-corrected chi connectivity index (χ0v) is 11.6. The molecule has 112 valence electrons. The van der Waals surface area contributed by atoms with Crippen LogP contribution in [0.5, 0.6) is 0 Å². The largest absolute Gasteiger partial charge is 0.396 e. The summed E-state index contributed by atoms with van der Waals surface area (Å²) in [6.07, 6.45) is 2.32. The molecule has 0 radical (unpaired) electrons. The fourth-order valence-corrected chi connectivity index (χ4v) is 2.45. The second-order valence-electron chi connectivity index (χ2n) is 3.89. The summed E-state index contributed by atoms with van der Waals surface area (Å²) >= 11 is 0. The molecule has 0 aliphatic rings. The maximum atomic E-state index is 13.4. The summed E-state index contributed by atoms with van der Waals surface area (Å²) in [5.41, 5.74) is 4.79. The van der Waals surface area contributed by atoms with Crippen LogP contribution in [0.4, 0.5) is 14.5 Å². The number of anilines is 1. The number of nitrogens with one attached hydrogen (secondary N) is 1. The Hall–Kier alpha value is -1.51. The number of nitrogens with two attached hydrogens (primary N) is 1. The van der Waals surface area contributed by atoms with Gasteiger partial charge in [-0.05, 0) is 12.5 Å². The number of benzene rings is 1. The van der Waals surface area contributed by atoms with Crippen molar-refractivity contribution in [2.24, 2.45) is 0 Å². The first-order chi connectivity index (χ1) is 9.38. The highest BCUT2D eigenvalue weighted by Crippen LogP contribution is 2.20. The molecular weight excluding hydrogens is 290 g/mol. The van der Waals surface area contributed by atoms with Crippen molar-refractivity contribution in [3.05, 3.63) is 36.4 Å². The molecule has 0 bridgehead atoms. The molecule has 0 spiro atoms. The molecule has 1 aromatic carbocycles. The number of nitrogen functional groups attached to an aromatic ring is 1. The third-order valence-corrected chi connectivity index (χ3v) is 3.82. The minimum atomic E-state index is -4.09. The van der Waals surface area contributed by atoms with Crippen LogP contribution < -0.4 is 10.5 Å². The highest BCUT2D eigenvalue weighted by Gasteiger charge is 2.20. The van der Waals surface area contributed by atoms with Crippen LogP contribution in [0.15, 0.2) is 29.7 Å². The molecule has 0 aromatic heterocycles. The number of halogens is 2. The first-order valence-corrected chi connectivity index (χ1v) is 7.29. The van der Waals surface area contributed by atoms with E-state index in [0.29, 0.717) is 19.1 Å². The lowest BCUT2D eigenvalue weighted by Crippen LogP contribution is -2.28. The fourth-order valence-electron chi connectivity index (χ4n) is 1.35. The lowest BCUT2D eigenvalue weighted by molar-refractivity contribution is 0.144. The lowest BCUT2D eigenvalue weighted by Gasteiger charge is -2.09. The lowest BCUT2D eigenvalue weighted by atomic mass is 10.3. The average Bonchev–Trinajstić information content (AvgIpc) is 2.37. The van der Waals surface area contributed by atoms with Crippen LogP contribution in [0.3, 0.4) is 0 Å². The molecule has 5 nitrogen and oxygen atoms in total. The summed E-state index contributed by atoms with van der Waals surface area (Å²) in [6.45, 7) is 4.03. The Morgan fingerprint density at radius 2 is 2.00 bits per heavy atom. The SMILES string of the molecule is C=CCCOCCNS(=O)(=O)c1cc(N)c(F)cc1F. The summed E-state index contributed by atoms with van der Waals surface area (Å²) in [6, 6.07) is 1.18. The van der Waals surface area contributed by atoms with E-state index in [2.05, 4.69) is 11.3 Å². The molecule has 8 heteroatoms. The standard InChI is InChI=1S/C12H16F2N2O3S/c1-2-3-5-19-6-4-16-20(17,18)12-8-11(15)9(13)7-10(12)14/h2,7-8,16H,1,3-6,15H2. The monoisotopic (exact) mass is 306 g/mol. The van der Waals surface area contributed by atoms with Gasteiger partial charge < -0.3 is 10.5 Å². The number of sulfonamides is 1. The van der Waals surface area contributed by atoms with Gasteiger partial charge in [0.1, 0.15) is 16.5 Å². The van der Waals surface area contributed by atoms with E-state index >= 15 is 0 Å². The first kappa shape index (κ1) is 16.5. The number of ether oxygens (including phenoxy) is 1. The molecule has 0 heterocycles. The van der Waals surface area contributed by atoms with Gasteiger partial charge in [0, 0.05) is 12.6 Å². The van der Waals surface area contributed by atoms with Gasteiger partial charge in [0.2, 0.25) is 10.0 Å². The van der Waals surface area contributed by atoms with Crippen LogP contribution in [0.25, 0.3) is 0 Å². The molecule has 1 rings (SSSR count). The molecule has 0 saturated carbocycles. The van der Waals surface area contributed by atoms with Crippen LogP contribution in [0.2, 0.25) is 0 Å². The highest BCUT2D eigenvalue weighted by molar-refractivity contribution is 7.89. The molecule has 0 fully saturated rings. The molecule has 1 aromatic rings. The number of rotatable bonds is 8. The van der Waals surface area contributed by atoms with E-state index in [9.17, 15) is 17.2 Å². The van der Waals surface area contributed by atoms with Crippen molar-refractivity contribution in [3.63, 3.8) is 0 Å². The van der Waals surface area contributed by atoms with Gasteiger partial charge in [0.25, 0.3) is 0 Å². The fraction of sp³-hybridized carbons (Fsp3) is 0.333. The molecule has 3 N–H and O–H groups in total. The first-order valence-electron chi connectivity index (χ1n) is 5.81. The maximum absolute atomic E-state index is 13.4. The van der Waals surface area contributed by atoms with Crippen LogP contribution in [-0.2, 0) is 14.8 Å². The van der Waals surface area contributed by atoms with E-state index in [-0.39, 0.29) is 13.2 Å². The number of hydrogen-bond donors (Lipinski definition) is 2. The topological polar surface area (TPSA) is 81.4 Å². The predicted molar refractivity (Wildman–Crippen MR) is 71.6 cm³/mol. The molecule has 0 saturated heterocycles. The summed E-state index contributed by atoms with van der Waals surface area (Å²) in [7, 11) is -4.09. The van der Waals surface area contributed by atoms with Crippen LogP contribution in [0, 0.1) is 11.6 Å². The Morgan fingerprint density at radius 3 is 2.65 bits per heavy atom. The molecule has 0 aliphatic heterocycles. The van der Waals surface area contributed by atoms with E-state index in [1.807, 2.05) is 0 Å². The van der Waals surface area contributed by atoms with Crippen molar-refractivity contribution < 1.29 is 21.9 Å². The van der Waals surface area contributed by atoms with E-state index in [1.54, 1.807) is 6.08 Å². The van der Waals surface area contributed by atoms with Crippen LogP contribution >= 0.6 is 0 Å².